The van der Waals surface area contributed by atoms with Crippen molar-refractivity contribution in [2.45, 2.75) is 12.8 Å². The van der Waals surface area contributed by atoms with Crippen molar-refractivity contribution in [2.24, 2.45) is 0 Å². The Balaban J connectivity index is 1.65. The van der Waals surface area contributed by atoms with Gasteiger partial charge in [-0.25, -0.2) is 4.79 Å². The number of nitrogens with zero attached hydrogens (tertiary/aromatic N) is 1. The zero-order valence-electron chi connectivity index (χ0n) is 16.3. The maximum absolute atomic E-state index is 12.4. The van der Waals surface area contributed by atoms with E-state index in [0.717, 1.165) is 31.7 Å². The SMILES string of the molecule is C=CC(=O)OCCCN(C)CCCOc1ccc(C(=O)c2ccccc2)cc1. The molecule has 0 saturated carbocycles. The lowest BCUT2D eigenvalue weighted by atomic mass is 10.0. The van der Waals surface area contributed by atoms with Gasteiger partial charge in [0.25, 0.3) is 0 Å². The maximum Gasteiger partial charge on any atom is 0.330 e. The minimum absolute atomic E-state index is 0.00699. The molecular weight excluding hydrogens is 354 g/mol. The smallest absolute Gasteiger partial charge is 0.330 e. The number of esters is 1. The highest BCUT2D eigenvalue weighted by atomic mass is 16.5. The molecule has 0 radical (unpaired) electrons. The number of carbonyl (C=O) groups excluding carboxylic acids is 2. The van der Waals surface area contributed by atoms with Crippen LogP contribution in [0.15, 0.2) is 67.3 Å². The van der Waals surface area contributed by atoms with Crippen LogP contribution < -0.4 is 4.74 Å². The first-order valence-electron chi connectivity index (χ1n) is 9.40. The van der Waals surface area contributed by atoms with Gasteiger partial charge in [0, 0.05) is 30.3 Å². The van der Waals surface area contributed by atoms with E-state index >= 15 is 0 Å². The van der Waals surface area contributed by atoms with Gasteiger partial charge < -0.3 is 14.4 Å². The Bertz CT molecular complexity index is 756. The first-order chi connectivity index (χ1) is 13.6. The molecule has 0 aliphatic heterocycles. The molecule has 5 nitrogen and oxygen atoms in total. The molecule has 0 fully saturated rings. The van der Waals surface area contributed by atoms with Crippen LogP contribution in [0.25, 0.3) is 0 Å². The second-order valence-electron chi connectivity index (χ2n) is 6.45. The van der Waals surface area contributed by atoms with E-state index in [1.54, 1.807) is 12.1 Å². The highest BCUT2D eigenvalue weighted by molar-refractivity contribution is 6.08. The molecule has 0 atom stereocenters. The first-order valence-corrected chi connectivity index (χ1v) is 9.40. The molecule has 0 aliphatic rings. The van der Waals surface area contributed by atoms with E-state index in [9.17, 15) is 9.59 Å². The third-order valence-electron chi connectivity index (χ3n) is 4.20. The second kappa shape index (κ2) is 11.7. The number of hydrogen-bond donors (Lipinski definition) is 0. The van der Waals surface area contributed by atoms with E-state index in [-0.39, 0.29) is 11.8 Å². The Kier molecular flexibility index (Phi) is 8.95. The lowest BCUT2D eigenvalue weighted by Crippen LogP contribution is -2.23. The first kappa shape index (κ1) is 21.4. The van der Waals surface area contributed by atoms with Crippen molar-refractivity contribution in [1.29, 1.82) is 0 Å². The molecule has 5 heteroatoms. The Hall–Kier alpha value is -2.92. The van der Waals surface area contributed by atoms with Crippen LogP contribution in [-0.4, -0.2) is 50.0 Å². The number of carbonyl (C=O) groups is 2. The summed E-state index contributed by atoms with van der Waals surface area (Å²) in [6.07, 6.45) is 2.84. The maximum atomic E-state index is 12.4. The van der Waals surface area contributed by atoms with Crippen LogP contribution in [0.1, 0.15) is 28.8 Å². The summed E-state index contributed by atoms with van der Waals surface area (Å²) in [4.78, 5) is 25.5. The quantitative estimate of drug-likeness (QED) is 0.243. The lowest BCUT2D eigenvalue weighted by Gasteiger charge is -2.16. The molecule has 0 aliphatic carbocycles. The van der Waals surface area contributed by atoms with Crippen molar-refractivity contribution in [1.82, 2.24) is 4.90 Å². The Morgan fingerprint density at radius 1 is 0.929 bits per heavy atom. The second-order valence-corrected chi connectivity index (χ2v) is 6.45. The molecular formula is C23H27NO4. The molecule has 0 amide bonds. The van der Waals surface area contributed by atoms with E-state index in [0.29, 0.717) is 24.3 Å². The molecule has 0 aromatic heterocycles. The van der Waals surface area contributed by atoms with Crippen molar-refractivity contribution in [3.63, 3.8) is 0 Å². The van der Waals surface area contributed by atoms with Gasteiger partial charge in [-0.15, -0.1) is 0 Å². The molecule has 0 saturated heterocycles. The van der Waals surface area contributed by atoms with E-state index in [1.165, 1.54) is 6.08 Å². The summed E-state index contributed by atoms with van der Waals surface area (Å²) >= 11 is 0. The average molecular weight is 381 g/mol. The summed E-state index contributed by atoms with van der Waals surface area (Å²) in [5.41, 5.74) is 1.33. The standard InChI is InChI=1S/C23H27NO4/c1-3-22(25)28-18-8-16-24(2)15-7-17-27-21-13-11-20(12-14-21)23(26)19-9-5-4-6-10-19/h3-6,9-14H,1,7-8,15-18H2,2H3. The zero-order chi connectivity index (χ0) is 20.2. The minimum atomic E-state index is -0.382. The highest BCUT2D eigenvalue weighted by Crippen LogP contribution is 2.15. The molecule has 0 N–H and O–H groups in total. The molecule has 2 aromatic rings. The van der Waals surface area contributed by atoms with Gasteiger partial charge in [-0.1, -0.05) is 36.9 Å². The van der Waals surface area contributed by atoms with E-state index in [2.05, 4.69) is 11.5 Å². The molecule has 0 heterocycles. The largest absolute Gasteiger partial charge is 0.494 e. The third-order valence-corrected chi connectivity index (χ3v) is 4.20. The van der Waals surface area contributed by atoms with Gasteiger partial charge in [0.05, 0.1) is 13.2 Å². The van der Waals surface area contributed by atoms with Crippen LogP contribution in [-0.2, 0) is 9.53 Å². The molecule has 2 rings (SSSR count). The number of hydrogen-bond acceptors (Lipinski definition) is 5. The van der Waals surface area contributed by atoms with Crippen LogP contribution in [0, 0.1) is 0 Å². The minimum Gasteiger partial charge on any atom is -0.494 e. The lowest BCUT2D eigenvalue weighted by molar-refractivity contribution is -0.137. The van der Waals surface area contributed by atoms with Crippen LogP contribution >= 0.6 is 0 Å². The predicted octanol–water partition coefficient (Wildman–Crippen LogP) is 3.74. The topological polar surface area (TPSA) is 55.8 Å². The summed E-state index contributed by atoms with van der Waals surface area (Å²) in [6, 6.07) is 16.5. The summed E-state index contributed by atoms with van der Waals surface area (Å²) in [6.45, 7) is 6.10. The fourth-order valence-electron chi connectivity index (χ4n) is 2.66. The monoisotopic (exact) mass is 381 g/mol. The Morgan fingerprint density at radius 2 is 1.54 bits per heavy atom. The Morgan fingerprint density at radius 3 is 2.18 bits per heavy atom. The highest BCUT2D eigenvalue weighted by Gasteiger charge is 2.08. The number of ketones is 1. The average Bonchev–Trinajstić information content (AvgIpc) is 2.74. The molecule has 0 spiro atoms. The summed E-state index contributed by atoms with van der Waals surface area (Å²) in [5.74, 6) is 0.378. The van der Waals surface area contributed by atoms with Gasteiger partial charge in [-0.3, -0.25) is 4.79 Å². The van der Waals surface area contributed by atoms with E-state index in [1.807, 2.05) is 49.5 Å². The van der Waals surface area contributed by atoms with E-state index in [4.69, 9.17) is 9.47 Å². The van der Waals surface area contributed by atoms with Gasteiger partial charge in [-0.2, -0.15) is 0 Å². The zero-order valence-corrected chi connectivity index (χ0v) is 16.3. The molecule has 148 valence electrons. The molecule has 0 unspecified atom stereocenters. The van der Waals surface area contributed by atoms with Gasteiger partial charge >= 0.3 is 5.97 Å². The van der Waals surface area contributed by atoms with Crippen molar-refractivity contribution < 1.29 is 19.1 Å². The van der Waals surface area contributed by atoms with Gasteiger partial charge in [0.2, 0.25) is 0 Å². The summed E-state index contributed by atoms with van der Waals surface area (Å²) in [5, 5.41) is 0. The normalized spacial score (nSPS) is 10.5. The fraction of sp³-hybridized carbons (Fsp3) is 0.304. The van der Waals surface area contributed by atoms with Gasteiger partial charge in [-0.05, 0) is 44.2 Å². The fourth-order valence-corrected chi connectivity index (χ4v) is 2.66. The van der Waals surface area contributed by atoms with E-state index < -0.39 is 0 Å². The summed E-state index contributed by atoms with van der Waals surface area (Å²) < 4.78 is 10.7. The van der Waals surface area contributed by atoms with Gasteiger partial charge in [0.15, 0.2) is 5.78 Å². The van der Waals surface area contributed by atoms with Crippen LogP contribution in [0.5, 0.6) is 5.75 Å². The van der Waals surface area contributed by atoms with Gasteiger partial charge in [0.1, 0.15) is 5.75 Å². The molecule has 2 aromatic carbocycles. The Labute approximate surface area is 166 Å². The third kappa shape index (κ3) is 7.37. The van der Waals surface area contributed by atoms with Crippen LogP contribution in [0.3, 0.4) is 0 Å². The van der Waals surface area contributed by atoms with Crippen molar-refractivity contribution >= 4 is 11.8 Å². The van der Waals surface area contributed by atoms with Crippen LogP contribution in [0.2, 0.25) is 0 Å². The summed E-state index contributed by atoms with van der Waals surface area (Å²) in [7, 11) is 2.03. The van der Waals surface area contributed by atoms with Crippen molar-refractivity contribution in [2.75, 3.05) is 33.4 Å². The number of rotatable bonds is 12. The molecule has 28 heavy (non-hydrogen) atoms. The number of benzene rings is 2. The van der Waals surface area contributed by atoms with Crippen molar-refractivity contribution in [3.05, 3.63) is 78.4 Å². The number of ether oxygens (including phenoxy) is 2. The molecule has 0 bridgehead atoms. The van der Waals surface area contributed by atoms with Crippen LogP contribution in [0.4, 0.5) is 0 Å². The predicted molar refractivity (Wildman–Crippen MR) is 110 cm³/mol. The van der Waals surface area contributed by atoms with Crippen molar-refractivity contribution in [3.8, 4) is 5.75 Å².